The minimum atomic E-state index is -1.15. The molecule has 0 fully saturated rings. The van der Waals surface area contributed by atoms with Crippen molar-refractivity contribution in [2.75, 3.05) is 39.6 Å². The molecule has 1 heterocycles. The molecule has 13 N–H and O–H groups in total. The van der Waals surface area contributed by atoms with E-state index in [0.29, 0.717) is 12.8 Å². The van der Waals surface area contributed by atoms with Gasteiger partial charge in [-0.1, -0.05) is 39.7 Å². The van der Waals surface area contributed by atoms with Crippen LogP contribution in [0.2, 0.25) is 0 Å². The van der Waals surface area contributed by atoms with Gasteiger partial charge in [0, 0.05) is 50.6 Å². The van der Waals surface area contributed by atoms with Crippen molar-refractivity contribution >= 4 is 53.7 Å². The first-order chi connectivity index (χ1) is 32.3. The van der Waals surface area contributed by atoms with Crippen molar-refractivity contribution in [3.05, 3.63) is 106 Å². The summed E-state index contributed by atoms with van der Waals surface area (Å²) in [7, 11) is 0. The van der Waals surface area contributed by atoms with Gasteiger partial charge in [-0.3, -0.25) is 9.59 Å². The number of carboxylic acid groups (broad SMARTS) is 7. The molecule has 0 radical (unpaired) electrons. The molecule has 0 unspecified atom stereocenters. The molecule has 1 aliphatic rings. The summed E-state index contributed by atoms with van der Waals surface area (Å²) in [5, 5.41) is 109. The number of carbonyl (C=O) groups excluding carboxylic acids is 2. The van der Waals surface area contributed by atoms with Crippen LogP contribution < -0.4 is 0 Å². The van der Waals surface area contributed by atoms with Crippen molar-refractivity contribution < 1.29 is 114 Å². The molecule has 0 bridgehead atoms. The number of cyclic esters (lactones) is 2. The minimum absolute atomic E-state index is 0.00917. The quantitative estimate of drug-likeness (QED) is 0.0462. The van der Waals surface area contributed by atoms with E-state index < -0.39 is 53.7 Å². The van der Waals surface area contributed by atoms with E-state index in [0.717, 1.165) is 37.8 Å². The summed E-state index contributed by atoms with van der Waals surface area (Å²) in [6.45, 7) is 6.19. The highest BCUT2D eigenvalue weighted by Gasteiger charge is 2.30. The minimum Gasteiger partial charge on any atom is -0.481 e. The zero-order chi connectivity index (χ0) is 53.7. The Kier molecular flexibility index (Phi) is 36.3. The van der Waals surface area contributed by atoms with Gasteiger partial charge < -0.3 is 71.1 Å². The Hall–Kier alpha value is -7.15. The van der Waals surface area contributed by atoms with Gasteiger partial charge in [0.15, 0.2) is 0 Å². The first-order valence-corrected chi connectivity index (χ1v) is 20.6. The van der Waals surface area contributed by atoms with Crippen LogP contribution in [0.5, 0.6) is 0 Å². The molecule has 0 spiro atoms. The highest BCUT2D eigenvalue weighted by molar-refractivity contribution is 6.15. The molecule has 0 amide bonds. The van der Waals surface area contributed by atoms with Crippen LogP contribution in [0.15, 0.2) is 66.7 Å². The van der Waals surface area contributed by atoms with Crippen LogP contribution >= 0.6 is 0 Å². The molecule has 23 nitrogen and oxygen atoms in total. The fraction of sp³-hybridized carbons (Fsp3) is 0.413. The maximum atomic E-state index is 11.0. The Morgan fingerprint density at radius 2 is 0.797 bits per heavy atom. The summed E-state index contributed by atoms with van der Waals surface area (Å²) >= 11 is 0. The molecule has 3 aromatic rings. The topological polar surface area (TPSA) is 426 Å². The van der Waals surface area contributed by atoms with Crippen molar-refractivity contribution in [1.29, 1.82) is 0 Å². The van der Waals surface area contributed by atoms with E-state index in [2.05, 4.69) is 4.74 Å². The van der Waals surface area contributed by atoms with Gasteiger partial charge in [-0.2, -0.15) is 0 Å². The second-order valence-corrected chi connectivity index (χ2v) is 14.9. The van der Waals surface area contributed by atoms with E-state index in [-0.39, 0.29) is 103 Å². The molecule has 3 aromatic carbocycles. The summed E-state index contributed by atoms with van der Waals surface area (Å²) in [6, 6.07) is 13.9. The number of aliphatic carboxylic acids is 2. The largest absolute Gasteiger partial charge is 0.481 e. The van der Waals surface area contributed by atoms with Gasteiger partial charge in [0.1, 0.15) is 0 Å². The zero-order valence-corrected chi connectivity index (χ0v) is 38.2. The predicted octanol–water partition coefficient (Wildman–Crippen LogP) is 3.71. The van der Waals surface area contributed by atoms with Gasteiger partial charge in [0.25, 0.3) is 0 Å². The number of unbranched alkanes of at least 4 members (excludes halogenated alkanes) is 4. The summed E-state index contributed by atoms with van der Waals surface area (Å²) in [4.78, 5) is 93.8. The molecular weight excluding hydrogens is 920 g/mol. The number of aliphatic hydroxyl groups excluding tert-OH is 6. The van der Waals surface area contributed by atoms with Crippen molar-refractivity contribution in [2.45, 2.75) is 72.1 Å². The van der Waals surface area contributed by atoms with Crippen LogP contribution in [0.25, 0.3) is 0 Å². The number of hydrogen-bond donors (Lipinski definition) is 13. The van der Waals surface area contributed by atoms with E-state index in [1.54, 1.807) is 20.8 Å². The predicted molar refractivity (Wildman–Crippen MR) is 242 cm³/mol. The number of carbonyl (C=O) groups is 9. The van der Waals surface area contributed by atoms with E-state index in [9.17, 15) is 43.2 Å². The number of carboxylic acids is 7. The van der Waals surface area contributed by atoms with Gasteiger partial charge in [0.05, 0.1) is 52.2 Å². The standard InChI is InChI=1S/C9H4O5.2C8H6O4.C6H10O4.C6H14O2.C5H12O2.C4H10O2/c10-7(11)4-1-2-5-6(3-4)9(13)14-8(5)12;9-7(10)5-1-2-6(4-3-5)8(11)12;9-7(10)5-2-1-3-6(4-5)8(11)12;7-5(8)3-1-2-4-6(9)10;7-5-3-1-2-4-6-8;1-5(2,3-6)4-7;1-4(2-5)3-6/h1-3H,(H,10,11);2*1-4H,(H,9,10)(H,11,12);1-4H2,(H,7,8)(H,9,10);7-8H,1-6H2;6-7H,3-4H2,1-2H3;4-6H,2-3H2,1H3. The van der Waals surface area contributed by atoms with Crippen molar-refractivity contribution in [3.8, 4) is 0 Å². The number of rotatable bonds is 19. The number of fused-ring (bicyclic) bond motifs is 1. The van der Waals surface area contributed by atoms with Crippen LogP contribution in [0.4, 0.5) is 0 Å². The Bertz CT molecular complexity index is 1970. The number of benzene rings is 3. The van der Waals surface area contributed by atoms with Gasteiger partial charge in [-0.05, 0) is 86.3 Å². The molecule has 384 valence electrons. The number of ether oxygens (including phenoxy) is 1. The Morgan fingerprint density at radius 3 is 1.07 bits per heavy atom. The third-order valence-electron chi connectivity index (χ3n) is 8.20. The fourth-order valence-corrected chi connectivity index (χ4v) is 4.00. The molecule has 69 heavy (non-hydrogen) atoms. The van der Waals surface area contributed by atoms with Crippen LogP contribution in [0.1, 0.15) is 145 Å². The molecule has 23 heteroatoms. The van der Waals surface area contributed by atoms with Gasteiger partial charge in [0.2, 0.25) is 0 Å². The summed E-state index contributed by atoms with van der Waals surface area (Å²) in [5.74, 6) is -8.76. The zero-order valence-electron chi connectivity index (χ0n) is 38.2. The molecule has 0 atom stereocenters. The van der Waals surface area contributed by atoms with E-state index in [1.165, 1.54) is 54.6 Å². The lowest BCUT2D eigenvalue weighted by Gasteiger charge is -2.16. The van der Waals surface area contributed by atoms with Crippen LogP contribution in [-0.2, 0) is 14.3 Å². The number of aliphatic hydroxyl groups is 6. The summed E-state index contributed by atoms with van der Waals surface area (Å²) in [5.41, 5.74) is -0.102. The monoisotopic (exact) mass is 982 g/mol. The lowest BCUT2D eigenvalue weighted by molar-refractivity contribution is -0.139. The SMILES string of the molecule is CC(C)(CO)CO.CC(CO)CO.O=C(O)CCCCC(=O)O.O=C(O)c1ccc(C(=O)O)cc1.O=C(O)c1ccc2c(c1)C(=O)OC2=O.O=C(O)c1cccc(C(=O)O)c1.OCCCCCCO. The van der Waals surface area contributed by atoms with E-state index in [4.69, 9.17) is 66.4 Å². The van der Waals surface area contributed by atoms with Crippen LogP contribution in [0.3, 0.4) is 0 Å². The molecule has 4 rings (SSSR count). The second kappa shape index (κ2) is 37.9. The average Bonchev–Trinajstić information content (AvgIpc) is 3.61. The number of hydrogen-bond acceptors (Lipinski definition) is 16. The molecule has 0 aliphatic carbocycles. The van der Waals surface area contributed by atoms with Crippen LogP contribution in [-0.4, -0.2) is 160 Å². The summed E-state index contributed by atoms with van der Waals surface area (Å²) in [6.07, 6.45) is 4.85. The molecular formula is C46H62O23. The first kappa shape index (κ1) is 66.1. The second-order valence-electron chi connectivity index (χ2n) is 14.9. The normalized spacial score (nSPS) is 10.6. The van der Waals surface area contributed by atoms with E-state index in [1.807, 2.05) is 0 Å². The maximum absolute atomic E-state index is 11.0. The Morgan fingerprint density at radius 1 is 0.464 bits per heavy atom. The number of aromatic carboxylic acids is 5. The third-order valence-corrected chi connectivity index (χ3v) is 8.20. The van der Waals surface area contributed by atoms with Crippen LogP contribution in [0, 0.1) is 11.3 Å². The highest BCUT2D eigenvalue weighted by atomic mass is 16.6. The van der Waals surface area contributed by atoms with Crippen molar-refractivity contribution in [2.24, 2.45) is 11.3 Å². The molecule has 1 aliphatic heterocycles. The lowest BCUT2D eigenvalue weighted by Crippen LogP contribution is -2.20. The maximum Gasteiger partial charge on any atom is 0.346 e. The Labute approximate surface area is 396 Å². The third kappa shape index (κ3) is 33.1. The van der Waals surface area contributed by atoms with Gasteiger partial charge >= 0.3 is 53.7 Å². The molecule has 0 aromatic heterocycles. The smallest absolute Gasteiger partial charge is 0.346 e. The molecule has 0 saturated carbocycles. The molecule has 0 saturated heterocycles. The highest BCUT2D eigenvalue weighted by Crippen LogP contribution is 2.21. The van der Waals surface area contributed by atoms with Crippen molar-refractivity contribution in [3.63, 3.8) is 0 Å². The fourth-order valence-electron chi connectivity index (χ4n) is 4.00. The van der Waals surface area contributed by atoms with Gasteiger partial charge in [-0.25, -0.2) is 33.6 Å². The van der Waals surface area contributed by atoms with Crippen molar-refractivity contribution in [1.82, 2.24) is 0 Å². The average molecular weight is 983 g/mol. The summed E-state index contributed by atoms with van der Waals surface area (Å²) < 4.78 is 4.30. The Balaban J connectivity index is -0.000000751. The van der Waals surface area contributed by atoms with Gasteiger partial charge in [-0.15, -0.1) is 0 Å². The van der Waals surface area contributed by atoms with E-state index >= 15 is 0 Å². The first-order valence-electron chi connectivity index (χ1n) is 20.6. The number of esters is 2. The lowest BCUT2D eigenvalue weighted by atomic mass is 9.97.